The van der Waals surface area contributed by atoms with Crippen LogP contribution < -0.4 is 10.6 Å². The lowest BCUT2D eigenvalue weighted by Crippen LogP contribution is -2.50. The summed E-state index contributed by atoms with van der Waals surface area (Å²) in [7, 11) is -2.36. The van der Waals surface area contributed by atoms with E-state index in [0.717, 1.165) is 24.8 Å². The molecule has 160 valence electrons. The lowest BCUT2D eigenvalue weighted by atomic mass is 9.99. The van der Waals surface area contributed by atoms with Crippen LogP contribution >= 0.6 is 8.03 Å². The highest BCUT2D eigenvalue weighted by Gasteiger charge is 2.40. The number of carbonyl (C=O) groups is 2. The molecule has 0 spiro atoms. The fraction of sp³-hybridized carbons (Fsp3) is 0.600. The molecule has 0 aliphatic carbocycles. The first-order chi connectivity index (χ1) is 13.9. The summed E-state index contributed by atoms with van der Waals surface area (Å²) in [4.78, 5) is 31.9. The zero-order valence-electron chi connectivity index (χ0n) is 16.7. The zero-order chi connectivity index (χ0) is 21.2. The number of amides is 1. The van der Waals surface area contributed by atoms with Crippen molar-refractivity contribution in [1.82, 2.24) is 10.6 Å². The van der Waals surface area contributed by atoms with Crippen LogP contribution in [0.25, 0.3) is 0 Å². The minimum atomic E-state index is -2.36. The molecule has 2 rings (SSSR count). The molecule has 1 aromatic carbocycles. The summed E-state index contributed by atoms with van der Waals surface area (Å²) in [5.41, 5.74) is 0.584. The van der Waals surface area contributed by atoms with Crippen molar-refractivity contribution >= 4 is 19.9 Å². The number of benzene rings is 1. The highest BCUT2D eigenvalue weighted by molar-refractivity contribution is 7.39. The van der Waals surface area contributed by atoms with Gasteiger partial charge in [-0.1, -0.05) is 24.6 Å². The molecule has 4 N–H and O–H groups in total. The average Bonchev–Trinajstić information content (AvgIpc) is 2.68. The predicted molar refractivity (Wildman–Crippen MR) is 109 cm³/mol. The van der Waals surface area contributed by atoms with Crippen LogP contribution in [0.1, 0.15) is 48.5 Å². The lowest BCUT2D eigenvalue weighted by molar-refractivity contribution is -0.118. The van der Waals surface area contributed by atoms with Crippen LogP contribution in [0, 0.1) is 0 Å². The van der Waals surface area contributed by atoms with Crippen LogP contribution in [0.4, 0.5) is 0 Å². The van der Waals surface area contributed by atoms with E-state index in [1.807, 2.05) is 6.07 Å². The number of hydrogen-bond acceptors (Lipinski definition) is 5. The Balaban J connectivity index is 1.79. The molecule has 0 saturated carbocycles. The molecule has 1 aromatic rings. The number of carbonyl (C=O) groups excluding carboxylic acids is 1. The smallest absolute Gasteiger partial charge is 0.478 e. The van der Waals surface area contributed by atoms with Gasteiger partial charge in [-0.3, -0.25) is 4.79 Å². The maximum atomic E-state index is 11.8. The van der Waals surface area contributed by atoms with Crippen molar-refractivity contribution in [3.8, 4) is 0 Å². The summed E-state index contributed by atoms with van der Waals surface area (Å²) in [5.74, 6) is -1.01. The lowest BCUT2D eigenvalue weighted by Gasteiger charge is -2.31. The van der Waals surface area contributed by atoms with E-state index in [4.69, 9.17) is 4.74 Å². The topological polar surface area (TPSA) is 125 Å². The second-order valence-electron chi connectivity index (χ2n) is 7.35. The molecule has 1 fully saturated rings. The van der Waals surface area contributed by atoms with Crippen molar-refractivity contribution in [2.45, 2.75) is 56.8 Å². The second-order valence-corrected chi connectivity index (χ2v) is 8.61. The Kier molecular flexibility index (Phi) is 9.67. The molecule has 1 amide bonds. The van der Waals surface area contributed by atoms with Gasteiger partial charge in [0.05, 0.1) is 12.2 Å². The number of nitrogens with one attached hydrogen (secondary N) is 2. The number of rotatable bonds is 11. The van der Waals surface area contributed by atoms with Crippen molar-refractivity contribution in [3.63, 3.8) is 0 Å². The van der Waals surface area contributed by atoms with Gasteiger partial charge < -0.3 is 20.5 Å². The molecule has 0 aromatic heterocycles. The normalized spacial score (nSPS) is 20.7. The monoisotopic (exact) mass is 425 g/mol. The van der Waals surface area contributed by atoms with Crippen LogP contribution in [0.5, 0.6) is 0 Å². The summed E-state index contributed by atoms with van der Waals surface area (Å²) in [6.07, 6.45) is 3.27. The highest BCUT2D eigenvalue weighted by atomic mass is 31.1. The van der Waals surface area contributed by atoms with Crippen molar-refractivity contribution in [3.05, 3.63) is 35.4 Å². The van der Waals surface area contributed by atoms with Crippen LogP contribution in [0.2, 0.25) is 0 Å². The van der Waals surface area contributed by atoms with E-state index >= 15 is 0 Å². The van der Waals surface area contributed by atoms with Gasteiger partial charge in [-0.15, -0.1) is 0 Å². The number of unbranched alkanes of at least 4 members (excludes halogenated alkanes) is 2. The van der Waals surface area contributed by atoms with Gasteiger partial charge in [0.1, 0.15) is 6.10 Å². The molecule has 1 aliphatic rings. The number of hydrogen-bond donors (Lipinski definition) is 4. The molecule has 1 heterocycles. The summed E-state index contributed by atoms with van der Waals surface area (Å²) in [6.45, 7) is 2.92. The summed E-state index contributed by atoms with van der Waals surface area (Å²) < 4.78 is 17.7. The summed E-state index contributed by atoms with van der Waals surface area (Å²) in [6, 6.07) is 6.86. The van der Waals surface area contributed by atoms with Gasteiger partial charge in [-0.05, 0) is 41.9 Å². The maximum absolute atomic E-state index is 11.8. The molecule has 0 bridgehead atoms. The van der Waals surface area contributed by atoms with Crippen molar-refractivity contribution < 1.29 is 28.9 Å². The van der Waals surface area contributed by atoms with Gasteiger partial charge in [0.15, 0.2) is 0 Å². The van der Waals surface area contributed by atoms with Crippen LogP contribution in [-0.4, -0.2) is 59.4 Å². The van der Waals surface area contributed by atoms with Gasteiger partial charge >= 0.3 is 14.0 Å². The molecule has 0 radical (unpaired) electrons. The summed E-state index contributed by atoms with van der Waals surface area (Å²) in [5, 5.41) is 15.4. The third kappa shape index (κ3) is 7.82. The molecule has 29 heavy (non-hydrogen) atoms. The molecule has 1 aliphatic heterocycles. The maximum Gasteiger partial charge on any atom is 0.511 e. The number of aromatic carboxylic acids is 1. The van der Waals surface area contributed by atoms with E-state index in [1.54, 1.807) is 18.2 Å². The van der Waals surface area contributed by atoms with Gasteiger partial charge in [0.25, 0.3) is 0 Å². The first-order valence-corrected chi connectivity index (χ1v) is 11.2. The molecule has 9 heteroatoms. The Bertz CT molecular complexity index is 706. The number of carboxylic acid groups (broad SMARTS) is 1. The van der Waals surface area contributed by atoms with Gasteiger partial charge in [0, 0.05) is 26.1 Å². The minimum Gasteiger partial charge on any atom is -0.478 e. The van der Waals surface area contributed by atoms with Crippen LogP contribution in [0.3, 0.4) is 0 Å². The third-order valence-corrected chi connectivity index (χ3v) is 6.25. The molecule has 8 nitrogen and oxygen atoms in total. The van der Waals surface area contributed by atoms with Gasteiger partial charge in [-0.2, -0.15) is 4.89 Å². The second kappa shape index (κ2) is 12.0. The quantitative estimate of drug-likeness (QED) is 0.316. The minimum absolute atomic E-state index is 0.0402. The Hall–Kier alpha value is -1.86. The first kappa shape index (κ1) is 23.4. The largest absolute Gasteiger partial charge is 0.511 e. The molecular formula is C20H30N2O6P+. The zero-order valence-corrected chi connectivity index (χ0v) is 17.6. The van der Waals surface area contributed by atoms with E-state index < -0.39 is 19.7 Å². The molecule has 4 atom stereocenters. The van der Waals surface area contributed by atoms with Crippen LogP contribution in [0.15, 0.2) is 24.3 Å². The third-order valence-electron chi connectivity index (χ3n) is 5.10. The number of morpholine rings is 1. The first-order valence-electron chi connectivity index (χ1n) is 9.94. The Morgan fingerprint density at radius 3 is 2.69 bits per heavy atom. The summed E-state index contributed by atoms with van der Waals surface area (Å²) >= 11 is 0. The molecular weight excluding hydrogens is 395 g/mol. The average molecular weight is 425 g/mol. The van der Waals surface area contributed by atoms with Gasteiger partial charge in [0.2, 0.25) is 11.6 Å². The molecule has 1 saturated heterocycles. The number of ether oxygens (including phenoxy) is 1. The Morgan fingerprint density at radius 1 is 1.31 bits per heavy atom. The fourth-order valence-electron chi connectivity index (χ4n) is 3.55. The van der Waals surface area contributed by atoms with Crippen molar-refractivity contribution in [2.75, 3.05) is 19.7 Å². The molecule has 2 unspecified atom stereocenters. The van der Waals surface area contributed by atoms with Crippen LogP contribution in [-0.2, 0) is 20.5 Å². The van der Waals surface area contributed by atoms with E-state index in [0.29, 0.717) is 32.5 Å². The highest BCUT2D eigenvalue weighted by Crippen LogP contribution is 2.32. The fourth-order valence-corrected chi connectivity index (χ4v) is 4.43. The standard InChI is InChI=1S/C20H29N2O6P/c1-14(23)21-10-6-2-3-9-19(29(26)27)18-12-22-16(13-28-18)11-15-7-4-5-8-17(15)20(24)25/h4-5,7-8,16,18-19,22H,2-3,6,9-13H2,1H3,(H2-,21,23,24,25,26,27)/p+1/t16-,18-,19?/m1/s1. The Labute approximate surface area is 171 Å². The van der Waals surface area contributed by atoms with Crippen molar-refractivity contribution in [1.29, 1.82) is 0 Å². The number of carboxylic acids is 1. The Morgan fingerprint density at radius 2 is 2.07 bits per heavy atom. The predicted octanol–water partition coefficient (Wildman–Crippen LogP) is 2.08. The van der Waals surface area contributed by atoms with Crippen molar-refractivity contribution in [2.24, 2.45) is 0 Å². The SMILES string of the molecule is CC(=O)NCCCCCC([C@H]1CN[C@H](Cc2ccccc2C(=O)O)CO1)[P+](=O)O. The van der Waals surface area contributed by atoms with E-state index in [2.05, 4.69) is 10.6 Å². The van der Waals surface area contributed by atoms with E-state index in [-0.39, 0.29) is 23.6 Å². The van der Waals surface area contributed by atoms with Gasteiger partial charge in [-0.25, -0.2) is 4.79 Å². The van der Waals surface area contributed by atoms with E-state index in [9.17, 15) is 24.2 Å². The van der Waals surface area contributed by atoms with E-state index in [1.165, 1.54) is 6.92 Å².